The third-order valence-corrected chi connectivity index (χ3v) is 6.53. The van der Waals surface area contributed by atoms with Gasteiger partial charge in [-0.25, -0.2) is 0 Å². The molecule has 168 valence electrons. The fourth-order valence-electron chi connectivity index (χ4n) is 4.83. The number of carbonyl (C=O) groups excluding carboxylic acids is 1. The summed E-state index contributed by atoms with van der Waals surface area (Å²) in [6.45, 7) is 8.63. The van der Waals surface area contributed by atoms with Crippen LogP contribution in [0.2, 0.25) is 0 Å². The zero-order valence-electron chi connectivity index (χ0n) is 18.6. The molecule has 1 amide bonds. The van der Waals surface area contributed by atoms with Crippen LogP contribution < -0.4 is 16.0 Å². The molecule has 0 aliphatic carbocycles. The van der Waals surface area contributed by atoms with Crippen LogP contribution in [0.5, 0.6) is 0 Å². The molecular formula is C23H38IN5O. The van der Waals surface area contributed by atoms with E-state index in [1.54, 1.807) is 0 Å². The summed E-state index contributed by atoms with van der Waals surface area (Å²) < 4.78 is 0. The van der Waals surface area contributed by atoms with Gasteiger partial charge in [-0.05, 0) is 43.5 Å². The molecule has 3 rings (SSSR count). The van der Waals surface area contributed by atoms with Gasteiger partial charge in [0.15, 0.2) is 5.96 Å². The van der Waals surface area contributed by atoms with Crippen molar-refractivity contribution in [1.82, 2.24) is 15.5 Å². The van der Waals surface area contributed by atoms with Gasteiger partial charge in [-0.15, -0.1) is 24.0 Å². The number of likely N-dealkylation sites (tertiary alicyclic amines) is 1. The smallest absolute Gasteiger partial charge is 0.225 e. The Morgan fingerprint density at radius 2 is 1.90 bits per heavy atom. The van der Waals surface area contributed by atoms with Crippen molar-refractivity contribution in [2.45, 2.75) is 57.9 Å². The average molecular weight is 527 g/mol. The van der Waals surface area contributed by atoms with Crippen LogP contribution in [-0.4, -0.2) is 56.0 Å². The zero-order valence-corrected chi connectivity index (χ0v) is 20.9. The lowest BCUT2D eigenvalue weighted by atomic mass is 9.90. The highest BCUT2D eigenvalue weighted by atomic mass is 127. The molecule has 2 atom stereocenters. The van der Waals surface area contributed by atoms with Gasteiger partial charge in [0, 0.05) is 44.2 Å². The highest BCUT2D eigenvalue weighted by Gasteiger charge is 2.28. The second kappa shape index (κ2) is 12.5. The molecule has 3 N–H and O–H groups in total. The number of benzene rings is 1. The first-order valence-corrected chi connectivity index (χ1v) is 11.2. The lowest BCUT2D eigenvalue weighted by molar-refractivity contribution is -0.116. The molecule has 30 heavy (non-hydrogen) atoms. The van der Waals surface area contributed by atoms with Gasteiger partial charge in [0.1, 0.15) is 0 Å². The number of anilines is 1. The molecule has 1 aromatic rings. The Balaban J connectivity index is 0.00000320. The molecule has 7 heteroatoms. The normalized spacial score (nSPS) is 20.3. The Morgan fingerprint density at radius 1 is 1.20 bits per heavy atom. The second-order valence-corrected chi connectivity index (χ2v) is 8.26. The molecule has 1 fully saturated rings. The molecule has 1 aromatic carbocycles. The fourth-order valence-corrected chi connectivity index (χ4v) is 4.83. The number of carbonyl (C=O) groups is 1. The van der Waals surface area contributed by atoms with Crippen LogP contribution in [-0.2, 0) is 4.79 Å². The first kappa shape index (κ1) is 24.9. The largest absolute Gasteiger partial charge is 0.356 e. The van der Waals surface area contributed by atoms with Crippen molar-refractivity contribution in [3.63, 3.8) is 0 Å². The molecule has 0 radical (unpaired) electrons. The predicted molar refractivity (Wildman–Crippen MR) is 136 cm³/mol. The summed E-state index contributed by atoms with van der Waals surface area (Å²) in [5.74, 6) is 1.77. The summed E-state index contributed by atoms with van der Waals surface area (Å²) in [5, 5.41) is 10.00. The third-order valence-electron chi connectivity index (χ3n) is 6.53. The summed E-state index contributed by atoms with van der Waals surface area (Å²) in [5.41, 5.74) is 2.13. The van der Waals surface area contributed by atoms with Crippen molar-refractivity contribution in [1.29, 1.82) is 0 Å². The first-order chi connectivity index (χ1) is 14.2. The predicted octanol–water partition coefficient (Wildman–Crippen LogP) is 3.80. The first-order valence-electron chi connectivity index (χ1n) is 11.2. The van der Waals surface area contributed by atoms with E-state index in [1.807, 2.05) is 25.2 Å². The van der Waals surface area contributed by atoms with Gasteiger partial charge in [-0.2, -0.15) is 0 Å². The number of nitrogens with zero attached hydrogens (tertiary/aromatic N) is 2. The number of aliphatic imine (C=N–C) groups is 1. The lowest BCUT2D eigenvalue weighted by Gasteiger charge is -2.34. The van der Waals surface area contributed by atoms with Crippen LogP contribution in [0.25, 0.3) is 0 Å². The lowest BCUT2D eigenvalue weighted by Crippen LogP contribution is -2.50. The van der Waals surface area contributed by atoms with E-state index in [0.717, 1.165) is 18.2 Å². The van der Waals surface area contributed by atoms with Gasteiger partial charge < -0.3 is 16.0 Å². The van der Waals surface area contributed by atoms with Crippen LogP contribution in [0.1, 0.15) is 57.4 Å². The maximum Gasteiger partial charge on any atom is 0.225 e. The van der Waals surface area contributed by atoms with Crippen molar-refractivity contribution in [3.8, 4) is 0 Å². The molecule has 2 aliphatic rings. The number of amides is 1. The van der Waals surface area contributed by atoms with Crippen LogP contribution in [0, 0.1) is 5.92 Å². The van der Waals surface area contributed by atoms with Gasteiger partial charge in [0.25, 0.3) is 0 Å². The van der Waals surface area contributed by atoms with Crippen LogP contribution >= 0.6 is 24.0 Å². The van der Waals surface area contributed by atoms with E-state index in [2.05, 4.69) is 45.8 Å². The summed E-state index contributed by atoms with van der Waals surface area (Å²) >= 11 is 0. The molecule has 6 nitrogen and oxygen atoms in total. The minimum Gasteiger partial charge on any atom is -0.356 e. The second-order valence-electron chi connectivity index (χ2n) is 8.26. The molecule has 1 saturated heterocycles. The van der Waals surface area contributed by atoms with E-state index in [1.165, 1.54) is 44.3 Å². The number of rotatable bonds is 8. The molecule has 0 aromatic heterocycles. The maximum absolute atomic E-state index is 12.1. The zero-order chi connectivity index (χ0) is 20.6. The number of hydrogen-bond acceptors (Lipinski definition) is 3. The van der Waals surface area contributed by atoms with Gasteiger partial charge in [-0.3, -0.25) is 14.7 Å². The Morgan fingerprint density at radius 3 is 2.57 bits per heavy atom. The van der Waals surface area contributed by atoms with Crippen molar-refractivity contribution < 1.29 is 4.79 Å². The molecule has 2 unspecified atom stereocenters. The summed E-state index contributed by atoms with van der Waals surface area (Å²) in [6.07, 6.45) is 5.55. The Hall–Kier alpha value is -1.35. The van der Waals surface area contributed by atoms with Gasteiger partial charge in [0.05, 0.1) is 0 Å². The van der Waals surface area contributed by atoms with Crippen molar-refractivity contribution in [2.75, 3.05) is 38.5 Å². The quantitative estimate of drug-likeness (QED) is 0.274. The third kappa shape index (κ3) is 6.33. The Labute approximate surface area is 198 Å². The Bertz CT molecular complexity index is 699. The van der Waals surface area contributed by atoms with Crippen LogP contribution in [0.15, 0.2) is 29.3 Å². The van der Waals surface area contributed by atoms with Gasteiger partial charge in [-0.1, -0.05) is 44.9 Å². The van der Waals surface area contributed by atoms with E-state index in [0.29, 0.717) is 24.9 Å². The van der Waals surface area contributed by atoms with E-state index in [9.17, 15) is 4.79 Å². The van der Waals surface area contributed by atoms with E-state index in [4.69, 9.17) is 0 Å². The fraction of sp³-hybridized carbons (Fsp3) is 0.652. The van der Waals surface area contributed by atoms with Crippen molar-refractivity contribution in [3.05, 3.63) is 29.8 Å². The van der Waals surface area contributed by atoms with Gasteiger partial charge >= 0.3 is 0 Å². The van der Waals surface area contributed by atoms with Gasteiger partial charge in [0.2, 0.25) is 5.91 Å². The summed E-state index contributed by atoms with van der Waals surface area (Å²) in [4.78, 5) is 19.1. The van der Waals surface area contributed by atoms with Crippen molar-refractivity contribution in [2.24, 2.45) is 10.9 Å². The molecule has 0 saturated carbocycles. The number of halogens is 1. The summed E-state index contributed by atoms with van der Waals surface area (Å²) in [7, 11) is 1.82. The minimum absolute atomic E-state index is 0. The van der Waals surface area contributed by atoms with Crippen molar-refractivity contribution >= 4 is 41.5 Å². The number of guanidine groups is 1. The number of para-hydroxylation sites is 1. The monoisotopic (exact) mass is 527 g/mol. The molecule has 0 spiro atoms. The molecule has 0 bridgehead atoms. The van der Waals surface area contributed by atoms with Crippen LogP contribution in [0.4, 0.5) is 5.69 Å². The molecule has 2 heterocycles. The number of fused-ring (bicyclic) bond motifs is 1. The van der Waals surface area contributed by atoms with Crippen LogP contribution in [0.3, 0.4) is 0 Å². The molecular weight excluding hydrogens is 489 g/mol. The van der Waals surface area contributed by atoms with E-state index >= 15 is 0 Å². The minimum atomic E-state index is 0. The standard InChI is InChI=1S/C23H37N5O.HI/c1-4-17(5-2)21(28-12-8-9-13-28)16-26-23(24-3)25-15-18-14-22(29)27-20-11-7-6-10-19(18)20;/h6-7,10-11,17-18,21H,4-5,8-9,12-16H2,1-3H3,(H,27,29)(H2,24,25,26);1H. The molecule has 2 aliphatic heterocycles. The average Bonchev–Trinajstić information content (AvgIpc) is 3.27. The maximum atomic E-state index is 12.1. The highest BCUT2D eigenvalue weighted by molar-refractivity contribution is 14.0. The van der Waals surface area contributed by atoms with E-state index in [-0.39, 0.29) is 35.8 Å². The highest BCUT2D eigenvalue weighted by Crippen LogP contribution is 2.31. The number of hydrogen-bond donors (Lipinski definition) is 3. The Kier molecular flexibility index (Phi) is 10.4. The summed E-state index contributed by atoms with van der Waals surface area (Å²) in [6, 6.07) is 8.63. The topological polar surface area (TPSA) is 68.8 Å². The number of nitrogens with one attached hydrogen (secondary N) is 3. The van der Waals surface area contributed by atoms with E-state index < -0.39 is 0 Å². The SMILES string of the molecule is CCC(CC)C(CNC(=NC)NCC1CC(=O)Nc2ccccc21)N1CCCC1.I.